The van der Waals surface area contributed by atoms with Crippen molar-refractivity contribution in [2.75, 3.05) is 6.54 Å². The largest absolute Gasteiger partial charge is 0.327 e. The highest BCUT2D eigenvalue weighted by atomic mass is 19.1. The van der Waals surface area contributed by atoms with E-state index < -0.39 is 6.04 Å². The van der Waals surface area contributed by atoms with E-state index in [0.29, 0.717) is 12.1 Å². The van der Waals surface area contributed by atoms with Crippen LogP contribution in [0.15, 0.2) is 66.4 Å². The van der Waals surface area contributed by atoms with Gasteiger partial charge in [-0.1, -0.05) is 48.0 Å². The summed E-state index contributed by atoms with van der Waals surface area (Å²) in [6.45, 7) is 4.29. The van der Waals surface area contributed by atoms with Gasteiger partial charge in [-0.2, -0.15) is 0 Å². The van der Waals surface area contributed by atoms with E-state index >= 15 is 0 Å². The Morgan fingerprint density at radius 1 is 1.15 bits per heavy atom. The minimum absolute atomic E-state index is 0.205. The van der Waals surface area contributed by atoms with Gasteiger partial charge in [0.2, 0.25) is 0 Å². The van der Waals surface area contributed by atoms with E-state index in [1.165, 1.54) is 23.1 Å². The normalized spacial score (nSPS) is 17.0. The third-order valence-corrected chi connectivity index (χ3v) is 4.47. The fourth-order valence-electron chi connectivity index (χ4n) is 2.89. The van der Waals surface area contributed by atoms with E-state index in [4.69, 9.17) is 0 Å². The Kier molecular flexibility index (Phi) is 5.50. The molecule has 1 aliphatic rings. The number of allylic oxidation sites excluding steroid dienone is 1. The molecule has 1 N–H and O–H groups in total. The van der Waals surface area contributed by atoms with Gasteiger partial charge in [-0.3, -0.25) is 4.79 Å². The molecule has 27 heavy (non-hydrogen) atoms. The Bertz CT molecular complexity index is 899. The molecule has 0 aliphatic carbocycles. The van der Waals surface area contributed by atoms with Crippen LogP contribution in [0.3, 0.4) is 0 Å². The lowest BCUT2D eigenvalue weighted by molar-refractivity contribution is -0.111. The van der Waals surface area contributed by atoms with Crippen molar-refractivity contribution in [2.45, 2.75) is 19.9 Å². The van der Waals surface area contributed by atoms with Crippen molar-refractivity contribution in [2.24, 2.45) is 0 Å². The number of hydrogen-bond donors (Lipinski definition) is 1. The summed E-state index contributed by atoms with van der Waals surface area (Å²) in [6, 6.07) is 12.9. The molecule has 138 valence electrons. The molecule has 0 unspecified atom stereocenters. The number of aryl methyl sites for hydroxylation is 1. The third kappa shape index (κ3) is 4.31. The molecular weight excluding hydrogens is 343 g/mol. The fraction of sp³-hybridized carbons (Fsp3) is 0.182. The van der Waals surface area contributed by atoms with E-state index in [-0.39, 0.29) is 17.6 Å². The van der Waals surface area contributed by atoms with Crippen LogP contribution in [0.1, 0.15) is 29.7 Å². The van der Waals surface area contributed by atoms with E-state index in [1.54, 1.807) is 24.4 Å². The van der Waals surface area contributed by atoms with Gasteiger partial charge >= 0.3 is 6.03 Å². The highest BCUT2D eigenvalue weighted by molar-refractivity contribution is 6.08. The van der Waals surface area contributed by atoms with Gasteiger partial charge < -0.3 is 10.2 Å². The molecule has 0 spiro atoms. The number of urea groups is 1. The fourth-order valence-corrected chi connectivity index (χ4v) is 2.89. The average molecular weight is 364 g/mol. The maximum absolute atomic E-state index is 13.0. The molecule has 0 saturated heterocycles. The highest BCUT2D eigenvalue weighted by Gasteiger charge is 2.30. The monoisotopic (exact) mass is 364 g/mol. The Morgan fingerprint density at radius 2 is 1.81 bits per heavy atom. The molecule has 1 atom stereocenters. The van der Waals surface area contributed by atoms with Crippen LogP contribution in [0, 0.1) is 12.7 Å². The highest BCUT2D eigenvalue weighted by Crippen LogP contribution is 2.27. The van der Waals surface area contributed by atoms with Gasteiger partial charge in [0.15, 0.2) is 5.78 Å². The predicted octanol–water partition coefficient (Wildman–Crippen LogP) is 4.39. The average Bonchev–Trinajstić information content (AvgIpc) is 2.67. The summed E-state index contributed by atoms with van der Waals surface area (Å²) in [5.41, 5.74) is 3.16. The summed E-state index contributed by atoms with van der Waals surface area (Å²) in [5, 5.41) is 2.90. The number of nitrogens with zero attached hydrogens (tertiary/aromatic N) is 1. The summed E-state index contributed by atoms with van der Waals surface area (Å²) in [7, 11) is 0. The van der Waals surface area contributed by atoms with Gasteiger partial charge in [0.1, 0.15) is 5.82 Å². The van der Waals surface area contributed by atoms with Crippen molar-refractivity contribution in [3.63, 3.8) is 0 Å². The van der Waals surface area contributed by atoms with Crippen LogP contribution in [0.25, 0.3) is 6.08 Å². The van der Waals surface area contributed by atoms with E-state index in [9.17, 15) is 14.0 Å². The molecule has 2 aromatic carbocycles. The SMILES string of the molecule is CCN1C=C(C(=O)/C=C/c2ccc(F)cc2)[C@H](c2ccc(C)cc2)NC1=O. The molecule has 1 aliphatic heterocycles. The van der Waals surface area contributed by atoms with Gasteiger partial charge in [0, 0.05) is 18.3 Å². The standard InChI is InChI=1S/C22H21FN2O2/c1-3-25-14-19(20(26)13-8-16-6-11-18(23)12-7-16)21(24-22(25)27)17-9-4-15(2)5-10-17/h4-14,21H,3H2,1-2H3,(H,24,27)/b13-8+/t21-/m0/s1. The number of rotatable bonds is 5. The number of nitrogens with one attached hydrogen (secondary N) is 1. The zero-order valence-electron chi connectivity index (χ0n) is 15.3. The molecule has 3 rings (SSSR count). The van der Waals surface area contributed by atoms with E-state index in [1.807, 2.05) is 38.1 Å². The predicted molar refractivity (Wildman–Crippen MR) is 103 cm³/mol. The molecule has 2 aromatic rings. The number of hydrogen-bond acceptors (Lipinski definition) is 2. The Morgan fingerprint density at radius 3 is 2.44 bits per heavy atom. The first kappa shape index (κ1) is 18.6. The van der Waals surface area contributed by atoms with Crippen molar-refractivity contribution < 1.29 is 14.0 Å². The summed E-state index contributed by atoms with van der Waals surface area (Å²) in [5.74, 6) is -0.530. The van der Waals surface area contributed by atoms with Crippen LogP contribution in [-0.4, -0.2) is 23.3 Å². The van der Waals surface area contributed by atoms with Crippen molar-refractivity contribution in [3.8, 4) is 0 Å². The summed E-state index contributed by atoms with van der Waals surface area (Å²) in [6.07, 6.45) is 4.70. The van der Waals surface area contributed by atoms with Crippen molar-refractivity contribution in [1.82, 2.24) is 10.2 Å². The molecule has 0 saturated carbocycles. The second-order valence-corrected chi connectivity index (χ2v) is 6.41. The topological polar surface area (TPSA) is 49.4 Å². The first-order valence-electron chi connectivity index (χ1n) is 8.81. The van der Waals surface area contributed by atoms with Crippen LogP contribution in [0.2, 0.25) is 0 Å². The second-order valence-electron chi connectivity index (χ2n) is 6.41. The van der Waals surface area contributed by atoms with Gasteiger partial charge in [-0.15, -0.1) is 0 Å². The van der Waals surface area contributed by atoms with Crippen molar-refractivity contribution in [3.05, 3.63) is 88.9 Å². The minimum atomic E-state index is -0.508. The zero-order chi connectivity index (χ0) is 19.4. The number of amides is 2. The van der Waals surface area contributed by atoms with Crippen LogP contribution in [0.4, 0.5) is 9.18 Å². The maximum atomic E-state index is 13.0. The van der Waals surface area contributed by atoms with Crippen LogP contribution in [-0.2, 0) is 4.79 Å². The lowest BCUT2D eigenvalue weighted by atomic mass is 9.93. The third-order valence-electron chi connectivity index (χ3n) is 4.47. The van der Waals surface area contributed by atoms with E-state index in [2.05, 4.69) is 5.32 Å². The number of halogens is 1. The minimum Gasteiger partial charge on any atom is -0.327 e. The lowest BCUT2D eigenvalue weighted by Crippen LogP contribution is -2.44. The number of carbonyl (C=O) groups excluding carboxylic acids is 2. The first-order chi connectivity index (χ1) is 13.0. The van der Waals surface area contributed by atoms with Gasteiger partial charge in [-0.25, -0.2) is 9.18 Å². The van der Waals surface area contributed by atoms with E-state index in [0.717, 1.165) is 16.7 Å². The van der Waals surface area contributed by atoms with Crippen LogP contribution in [0.5, 0.6) is 0 Å². The Balaban J connectivity index is 1.91. The molecular formula is C22H21FN2O2. The number of ketones is 1. The zero-order valence-corrected chi connectivity index (χ0v) is 15.3. The van der Waals surface area contributed by atoms with Crippen LogP contribution < -0.4 is 5.32 Å². The van der Waals surface area contributed by atoms with Gasteiger partial charge in [0.25, 0.3) is 0 Å². The molecule has 0 aromatic heterocycles. The number of benzene rings is 2. The Hall–Kier alpha value is -3.21. The summed E-state index contributed by atoms with van der Waals surface area (Å²) < 4.78 is 13.0. The van der Waals surface area contributed by atoms with Crippen molar-refractivity contribution in [1.29, 1.82) is 0 Å². The lowest BCUT2D eigenvalue weighted by Gasteiger charge is -2.31. The van der Waals surface area contributed by atoms with Gasteiger partial charge in [-0.05, 0) is 43.2 Å². The van der Waals surface area contributed by atoms with Crippen molar-refractivity contribution >= 4 is 17.9 Å². The summed E-state index contributed by atoms with van der Waals surface area (Å²) >= 11 is 0. The second kappa shape index (κ2) is 7.99. The Labute approximate surface area is 158 Å². The molecule has 4 nitrogen and oxygen atoms in total. The smallest absolute Gasteiger partial charge is 0.322 e. The quantitative estimate of drug-likeness (QED) is 0.800. The molecule has 5 heteroatoms. The molecule has 1 heterocycles. The number of carbonyl (C=O) groups is 2. The molecule has 0 fully saturated rings. The van der Waals surface area contributed by atoms with Crippen LogP contribution >= 0.6 is 0 Å². The van der Waals surface area contributed by atoms with Gasteiger partial charge in [0.05, 0.1) is 6.04 Å². The first-order valence-corrected chi connectivity index (χ1v) is 8.81. The molecule has 0 bridgehead atoms. The molecule has 2 amide bonds. The molecule has 0 radical (unpaired) electrons. The summed E-state index contributed by atoms with van der Waals surface area (Å²) in [4.78, 5) is 26.6. The maximum Gasteiger partial charge on any atom is 0.322 e.